The number of ether oxygens (including phenoxy) is 1. The first-order chi connectivity index (χ1) is 11.8. The second kappa shape index (κ2) is 11.3. The second-order valence-electron chi connectivity index (χ2n) is 7.25. The number of hydrogen-bond acceptors (Lipinski definition) is 1. The molecule has 1 aliphatic carbocycles. The summed E-state index contributed by atoms with van der Waals surface area (Å²) in [6.45, 7) is 5.22. The van der Waals surface area contributed by atoms with Crippen molar-refractivity contribution in [1.82, 2.24) is 0 Å². The second-order valence-corrected chi connectivity index (χ2v) is 7.25. The van der Waals surface area contributed by atoms with Gasteiger partial charge < -0.3 is 4.74 Å². The summed E-state index contributed by atoms with van der Waals surface area (Å²) >= 11 is 0. The van der Waals surface area contributed by atoms with E-state index in [1.165, 1.54) is 56.9 Å². The van der Waals surface area contributed by atoms with Crippen molar-refractivity contribution >= 4 is 0 Å². The summed E-state index contributed by atoms with van der Waals surface area (Å²) in [4.78, 5) is 0. The number of benzene rings is 1. The molecule has 1 fully saturated rings. The van der Waals surface area contributed by atoms with Crippen LogP contribution in [0.1, 0.15) is 77.2 Å². The SMILES string of the molecule is CCCCC[C@H]1CC[C@H](/C=C/[CH]c2ccc(OCCC)cc2)CC1. The standard InChI is InChI=1S/C23H35O/c1-3-5-6-8-20-11-13-21(14-12-20)9-7-10-22-15-17-23(18-16-22)24-19-4-2/h7,9-10,15-18,20-21H,3-6,8,11-14,19H2,1-2H3/b9-7+/t20-,21-. The third-order valence-corrected chi connectivity index (χ3v) is 5.13. The summed E-state index contributed by atoms with van der Waals surface area (Å²) < 4.78 is 5.62. The molecule has 1 saturated carbocycles. The summed E-state index contributed by atoms with van der Waals surface area (Å²) in [6, 6.07) is 8.41. The molecule has 1 aliphatic rings. The third kappa shape index (κ3) is 7.11. The van der Waals surface area contributed by atoms with Gasteiger partial charge in [0.1, 0.15) is 5.75 Å². The molecule has 133 valence electrons. The fourth-order valence-corrected chi connectivity index (χ4v) is 3.57. The van der Waals surface area contributed by atoms with Gasteiger partial charge in [-0.1, -0.05) is 63.8 Å². The van der Waals surface area contributed by atoms with Crippen molar-refractivity contribution in [1.29, 1.82) is 0 Å². The molecule has 0 bridgehead atoms. The van der Waals surface area contributed by atoms with E-state index in [0.29, 0.717) is 0 Å². The Kier molecular flexibility index (Phi) is 9.02. The van der Waals surface area contributed by atoms with E-state index >= 15 is 0 Å². The molecule has 0 saturated heterocycles. The maximum absolute atomic E-state index is 5.62. The Balaban J connectivity index is 1.65. The highest BCUT2D eigenvalue weighted by atomic mass is 16.5. The average Bonchev–Trinajstić information content (AvgIpc) is 2.62. The molecule has 0 unspecified atom stereocenters. The molecule has 1 aromatic rings. The molecule has 1 aromatic carbocycles. The average molecular weight is 328 g/mol. The van der Waals surface area contributed by atoms with Gasteiger partial charge in [0.2, 0.25) is 0 Å². The smallest absolute Gasteiger partial charge is 0.119 e. The fourth-order valence-electron chi connectivity index (χ4n) is 3.57. The molecule has 1 radical (unpaired) electrons. The van der Waals surface area contributed by atoms with Crippen molar-refractivity contribution in [3.8, 4) is 5.75 Å². The van der Waals surface area contributed by atoms with Gasteiger partial charge in [-0.05, 0) is 61.6 Å². The Morgan fingerprint density at radius 3 is 2.38 bits per heavy atom. The Hall–Kier alpha value is -1.24. The summed E-state index contributed by atoms with van der Waals surface area (Å²) in [5.41, 5.74) is 1.25. The van der Waals surface area contributed by atoms with Gasteiger partial charge in [-0.3, -0.25) is 0 Å². The first-order valence-corrected chi connectivity index (χ1v) is 10.1. The van der Waals surface area contributed by atoms with Crippen molar-refractivity contribution in [3.63, 3.8) is 0 Å². The van der Waals surface area contributed by atoms with Gasteiger partial charge in [-0.2, -0.15) is 0 Å². The Morgan fingerprint density at radius 2 is 1.71 bits per heavy atom. The Bertz CT molecular complexity index is 451. The van der Waals surface area contributed by atoms with Crippen LogP contribution in [0.15, 0.2) is 36.4 Å². The number of unbranched alkanes of at least 4 members (excludes halogenated alkanes) is 2. The van der Waals surface area contributed by atoms with Gasteiger partial charge in [0, 0.05) is 6.42 Å². The van der Waals surface area contributed by atoms with Crippen molar-refractivity contribution in [3.05, 3.63) is 48.4 Å². The minimum absolute atomic E-state index is 0.788. The fraction of sp³-hybridized carbons (Fsp3) is 0.609. The van der Waals surface area contributed by atoms with Crippen LogP contribution >= 0.6 is 0 Å². The first-order valence-electron chi connectivity index (χ1n) is 10.1. The van der Waals surface area contributed by atoms with E-state index < -0.39 is 0 Å². The highest BCUT2D eigenvalue weighted by Gasteiger charge is 2.18. The third-order valence-electron chi connectivity index (χ3n) is 5.13. The molecule has 0 N–H and O–H groups in total. The van der Waals surface area contributed by atoms with Gasteiger partial charge in [0.05, 0.1) is 6.61 Å². The molecule has 24 heavy (non-hydrogen) atoms. The van der Waals surface area contributed by atoms with E-state index in [4.69, 9.17) is 4.74 Å². The minimum atomic E-state index is 0.788. The van der Waals surface area contributed by atoms with Crippen LogP contribution in [0.2, 0.25) is 0 Å². The number of hydrogen-bond donors (Lipinski definition) is 0. The quantitative estimate of drug-likeness (QED) is 0.422. The van der Waals surface area contributed by atoms with Crippen LogP contribution in [-0.2, 0) is 0 Å². The van der Waals surface area contributed by atoms with Crippen LogP contribution in [0.4, 0.5) is 0 Å². The van der Waals surface area contributed by atoms with Crippen molar-refractivity contribution in [2.24, 2.45) is 11.8 Å². The summed E-state index contributed by atoms with van der Waals surface area (Å²) in [5.74, 6) is 2.76. The Morgan fingerprint density at radius 1 is 0.958 bits per heavy atom. The minimum Gasteiger partial charge on any atom is -0.494 e. The monoisotopic (exact) mass is 327 g/mol. The maximum Gasteiger partial charge on any atom is 0.119 e. The normalized spacial score (nSPS) is 21.2. The van der Waals surface area contributed by atoms with Crippen molar-refractivity contribution in [2.45, 2.75) is 71.6 Å². The van der Waals surface area contributed by atoms with Crippen LogP contribution in [0.3, 0.4) is 0 Å². The van der Waals surface area contributed by atoms with Gasteiger partial charge in [-0.25, -0.2) is 0 Å². The van der Waals surface area contributed by atoms with Crippen LogP contribution < -0.4 is 4.74 Å². The molecule has 0 heterocycles. The molecule has 1 nitrogen and oxygen atoms in total. The lowest BCUT2D eigenvalue weighted by Gasteiger charge is -2.26. The molecule has 2 rings (SSSR count). The van der Waals surface area contributed by atoms with Crippen LogP contribution in [-0.4, -0.2) is 6.61 Å². The molecule has 1 heteroatoms. The van der Waals surface area contributed by atoms with Crippen LogP contribution in [0.5, 0.6) is 5.75 Å². The molecular weight excluding hydrogens is 292 g/mol. The van der Waals surface area contributed by atoms with Gasteiger partial charge in [0.25, 0.3) is 0 Å². The van der Waals surface area contributed by atoms with E-state index in [2.05, 4.69) is 56.7 Å². The van der Waals surface area contributed by atoms with E-state index in [1.54, 1.807) is 0 Å². The van der Waals surface area contributed by atoms with Crippen LogP contribution in [0, 0.1) is 18.3 Å². The van der Waals surface area contributed by atoms with E-state index in [9.17, 15) is 0 Å². The molecule has 0 aromatic heterocycles. The molecule has 0 aliphatic heterocycles. The van der Waals surface area contributed by atoms with E-state index in [0.717, 1.165) is 30.6 Å². The van der Waals surface area contributed by atoms with E-state index in [-0.39, 0.29) is 0 Å². The largest absolute Gasteiger partial charge is 0.494 e. The van der Waals surface area contributed by atoms with Crippen molar-refractivity contribution in [2.75, 3.05) is 6.61 Å². The number of allylic oxidation sites excluding steroid dienone is 2. The zero-order chi connectivity index (χ0) is 17.0. The Labute approximate surface area is 149 Å². The van der Waals surface area contributed by atoms with Gasteiger partial charge >= 0.3 is 0 Å². The van der Waals surface area contributed by atoms with Gasteiger partial charge in [0.15, 0.2) is 0 Å². The lowest BCUT2D eigenvalue weighted by Crippen LogP contribution is -2.13. The summed E-state index contributed by atoms with van der Waals surface area (Å²) in [6.07, 6.45) is 19.2. The molecule has 0 spiro atoms. The lowest BCUT2D eigenvalue weighted by atomic mass is 9.79. The van der Waals surface area contributed by atoms with Crippen LogP contribution in [0.25, 0.3) is 0 Å². The summed E-state index contributed by atoms with van der Waals surface area (Å²) in [5, 5.41) is 0. The van der Waals surface area contributed by atoms with Crippen molar-refractivity contribution < 1.29 is 4.74 Å². The first kappa shape index (κ1) is 19.1. The summed E-state index contributed by atoms with van der Waals surface area (Å²) in [7, 11) is 0. The maximum atomic E-state index is 5.62. The molecule has 0 atom stereocenters. The number of rotatable bonds is 10. The zero-order valence-corrected chi connectivity index (χ0v) is 15.7. The highest BCUT2D eigenvalue weighted by Crippen LogP contribution is 2.32. The van der Waals surface area contributed by atoms with Gasteiger partial charge in [-0.15, -0.1) is 0 Å². The molecule has 0 amide bonds. The molecular formula is C23H35O. The zero-order valence-electron chi connectivity index (χ0n) is 15.7. The highest BCUT2D eigenvalue weighted by molar-refractivity contribution is 5.34. The topological polar surface area (TPSA) is 9.23 Å². The lowest BCUT2D eigenvalue weighted by molar-refractivity contribution is 0.289. The predicted molar refractivity (Wildman–Crippen MR) is 104 cm³/mol. The predicted octanol–water partition coefficient (Wildman–Crippen LogP) is 6.97. The van der Waals surface area contributed by atoms with E-state index in [1.807, 2.05) is 0 Å².